The van der Waals surface area contributed by atoms with Gasteiger partial charge in [-0.05, 0) is 31.9 Å². The molecule has 0 atom stereocenters. The maximum atomic E-state index is 10.1. The van der Waals surface area contributed by atoms with Crippen LogP contribution in [0.1, 0.15) is 20.8 Å². The minimum atomic E-state index is 0.579. The monoisotopic (exact) mass is 179 g/mol. The van der Waals surface area contributed by atoms with Gasteiger partial charge in [0, 0.05) is 6.54 Å². The third kappa shape index (κ3) is 5.01. The summed E-state index contributed by atoms with van der Waals surface area (Å²) in [7, 11) is 0. The van der Waals surface area contributed by atoms with E-state index < -0.39 is 0 Å². The topological polar surface area (TPSA) is 29.1 Å². The van der Waals surface area contributed by atoms with Crippen LogP contribution in [-0.2, 0) is 4.79 Å². The second kappa shape index (κ2) is 6.23. The Hall–Kier alpha value is -1.31. The summed E-state index contributed by atoms with van der Waals surface area (Å²) in [5, 5.41) is 2.63. The Labute approximate surface area is 80.0 Å². The lowest BCUT2D eigenvalue weighted by molar-refractivity contribution is -0.109. The van der Waals surface area contributed by atoms with Gasteiger partial charge in [-0.1, -0.05) is 24.3 Å². The third-order valence-corrected chi connectivity index (χ3v) is 1.69. The molecule has 0 aliphatic rings. The molecular weight excluding hydrogens is 162 g/mol. The molecule has 0 aromatic rings. The van der Waals surface area contributed by atoms with E-state index in [1.807, 2.05) is 32.9 Å². The average Bonchev–Trinajstić information content (AvgIpc) is 2.04. The summed E-state index contributed by atoms with van der Waals surface area (Å²) in [4.78, 5) is 10.1. The Bertz CT molecular complexity index is 249. The molecule has 0 saturated carbocycles. The predicted octanol–water partition coefficient (Wildman–Crippen LogP) is 2.20. The van der Waals surface area contributed by atoms with Crippen LogP contribution in [0.4, 0.5) is 0 Å². The molecule has 0 aromatic heterocycles. The Morgan fingerprint density at radius 1 is 1.46 bits per heavy atom. The van der Waals surface area contributed by atoms with Gasteiger partial charge in [-0.2, -0.15) is 0 Å². The molecule has 0 bridgehead atoms. The van der Waals surface area contributed by atoms with E-state index >= 15 is 0 Å². The molecule has 0 rings (SSSR count). The van der Waals surface area contributed by atoms with Crippen molar-refractivity contribution in [3.8, 4) is 0 Å². The molecule has 0 aliphatic carbocycles. The Morgan fingerprint density at radius 2 is 2.08 bits per heavy atom. The Balaban J connectivity index is 4.41. The first-order valence-electron chi connectivity index (χ1n) is 4.28. The molecule has 0 saturated heterocycles. The van der Waals surface area contributed by atoms with Crippen molar-refractivity contribution in [3.63, 3.8) is 0 Å². The summed E-state index contributed by atoms with van der Waals surface area (Å²) in [5.41, 5.74) is 3.28. The molecule has 0 unspecified atom stereocenters. The van der Waals surface area contributed by atoms with E-state index in [2.05, 4.69) is 11.9 Å². The Morgan fingerprint density at radius 3 is 2.46 bits per heavy atom. The normalized spacial score (nSPS) is 12.5. The number of allylic oxidation sites excluding steroid dienone is 3. The van der Waals surface area contributed by atoms with Crippen LogP contribution in [0, 0.1) is 0 Å². The molecule has 0 spiro atoms. The number of nitrogens with one attached hydrogen (secondary N) is 1. The van der Waals surface area contributed by atoms with Gasteiger partial charge in [-0.3, -0.25) is 4.79 Å². The molecule has 0 radical (unpaired) electrons. The summed E-state index contributed by atoms with van der Waals surface area (Å²) in [6.45, 7) is 10.3. The third-order valence-electron chi connectivity index (χ3n) is 1.69. The van der Waals surface area contributed by atoms with Crippen molar-refractivity contribution in [1.29, 1.82) is 0 Å². The lowest BCUT2D eigenvalue weighted by Crippen LogP contribution is -2.14. The second-order valence-corrected chi connectivity index (χ2v) is 2.99. The van der Waals surface area contributed by atoms with Gasteiger partial charge in [0.25, 0.3) is 0 Å². The first-order valence-corrected chi connectivity index (χ1v) is 4.28. The molecular formula is C11H17NO. The highest BCUT2D eigenvalue weighted by molar-refractivity contribution is 5.48. The van der Waals surface area contributed by atoms with Gasteiger partial charge < -0.3 is 5.32 Å². The SMILES string of the molecule is C=C(C)/C=C(/C)C(=CC)CNC=O. The first-order chi connectivity index (χ1) is 6.11. The van der Waals surface area contributed by atoms with Gasteiger partial charge in [0.15, 0.2) is 0 Å². The van der Waals surface area contributed by atoms with Crippen molar-refractivity contribution in [1.82, 2.24) is 5.32 Å². The van der Waals surface area contributed by atoms with Crippen LogP contribution >= 0.6 is 0 Å². The van der Waals surface area contributed by atoms with Crippen molar-refractivity contribution in [2.75, 3.05) is 6.54 Å². The predicted molar refractivity (Wildman–Crippen MR) is 56.4 cm³/mol. The van der Waals surface area contributed by atoms with E-state index in [1.165, 1.54) is 0 Å². The second-order valence-electron chi connectivity index (χ2n) is 2.99. The average molecular weight is 179 g/mol. The molecule has 1 N–H and O–H groups in total. The van der Waals surface area contributed by atoms with Crippen molar-refractivity contribution in [3.05, 3.63) is 35.5 Å². The summed E-state index contributed by atoms with van der Waals surface area (Å²) < 4.78 is 0. The molecule has 2 heteroatoms. The standard InChI is InChI=1S/C11H17NO/c1-5-11(7-12-8-13)10(4)6-9(2)3/h5-6,8H,2,7H2,1,3-4H3,(H,12,13)/b10-6-,11-5?. The number of hydrogen-bond donors (Lipinski definition) is 1. The van der Waals surface area contributed by atoms with Crippen LogP contribution in [0.3, 0.4) is 0 Å². The maximum absolute atomic E-state index is 10.1. The molecule has 0 fully saturated rings. The fraction of sp³-hybridized carbons (Fsp3) is 0.364. The van der Waals surface area contributed by atoms with Gasteiger partial charge >= 0.3 is 0 Å². The van der Waals surface area contributed by atoms with E-state index in [0.29, 0.717) is 13.0 Å². The number of hydrogen-bond acceptors (Lipinski definition) is 1. The fourth-order valence-corrected chi connectivity index (χ4v) is 1.08. The summed E-state index contributed by atoms with van der Waals surface area (Å²) in [6.07, 6.45) is 4.70. The summed E-state index contributed by atoms with van der Waals surface area (Å²) >= 11 is 0. The summed E-state index contributed by atoms with van der Waals surface area (Å²) in [5.74, 6) is 0. The van der Waals surface area contributed by atoms with E-state index in [-0.39, 0.29) is 0 Å². The number of rotatable bonds is 5. The fourth-order valence-electron chi connectivity index (χ4n) is 1.08. The first kappa shape index (κ1) is 11.7. The van der Waals surface area contributed by atoms with Crippen molar-refractivity contribution < 1.29 is 4.79 Å². The lowest BCUT2D eigenvalue weighted by atomic mass is 10.1. The zero-order chi connectivity index (χ0) is 10.3. The van der Waals surface area contributed by atoms with Crippen molar-refractivity contribution in [2.24, 2.45) is 0 Å². The van der Waals surface area contributed by atoms with Gasteiger partial charge in [0.05, 0.1) is 0 Å². The van der Waals surface area contributed by atoms with Crippen LogP contribution in [-0.4, -0.2) is 13.0 Å². The van der Waals surface area contributed by atoms with Crippen LogP contribution < -0.4 is 5.32 Å². The van der Waals surface area contributed by atoms with E-state index in [1.54, 1.807) is 0 Å². The maximum Gasteiger partial charge on any atom is 0.207 e. The van der Waals surface area contributed by atoms with E-state index in [9.17, 15) is 4.79 Å². The number of amides is 1. The zero-order valence-electron chi connectivity index (χ0n) is 8.55. The van der Waals surface area contributed by atoms with Crippen LogP contribution in [0.2, 0.25) is 0 Å². The van der Waals surface area contributed by atoms with Crippen LogP contribution in [0.25, 0.3) is 0 Å². The van der Waals surface area contributed by atoms with Gasteiger partial charge in [0.2, 0.25) is 6.41 Å². The van der Waals surface area contributed by atoms with E-state index in [4.69, 9.17) is 0 Å². The van der Waals surface area contributed by atoms with Gasteiger partial charge in [-0.25, -0.2) is 0 Å². The van der Waals surface area contributed by atoms with Crippen LogP contribution in [0.5, 0.6) is 0 Å². The largest absolute Gasteiger partial charge is 0.355 e. The smallest absolute Gasteiger partial charge is 0.207 e. The minimum Gasteiger partial charge on any atom is -0.355 e. The van der Waals surface area contributed by atoms with E-state index in [0.717, 1.165) is 16.7 Å². The Kier molecular flexibility index (Phi) is 5.60. The molecule has 72 valence electrons. The molecule has 0 heterocycles. The number of carbonyl (C=O) groups is 1. The highest BCUT2D eigenvalue weighted by Crippen LogP contribution is 2.10. The summed E-state index contributed by atoms with van der Waals surface area (Å²) in [6, 6.07) is 0. The minimum absolute atomic E-state index is 0.579. The van der Waals surface area contributed by atoms with Crippen molar-refractivity contribution >= 4 is 6.41 Å². The highest BCUT2D eigenvalue weighted by Gasteiger charge is 1.97. The zero-order valence-corrected chi connectivity index (χ0v) is 8.55. The lowest BCUT2D eigenvalue weighted by Gasteiger charge is -2.06. The quantitative estimate of drug-likeness (QED) is 0.508. The molecule has 0 aliphatic heterocycles. The van der Waals surface area contributed by atoms with Gasteiger partial charge in [0.1, 0.15) is 0 Å². The van der Waals surface area contributed by atoms with Crippen LogP contribution in [0.15, 0.2) is 35.5 Å². The van der Waals surface area contributed by atoms with Gasteiger partial charge in [-0.15, -0.1) is 0 Å². The molecule has 2 nitrogen and oxygen atoms in total. The van der Waals surface area contributed by atoms with Crippen molar-refractivity contribution in [2.45, 2.75) is 20.8 Å². The molecule has 1 amide bonds. The highest BCUT2D eigenvalue weighted by atomic mass is 16.1. The molecule has 0 aromatic carbocycles. The number of carbonyl (C=O) groups excluding carboxylic acids is 1. The molecule has 13 heavy (non-hydrogen) atoms.